The number of carbonyl (C=O) groups excluding carboxylic acids is 1. The topological polar surface area (TPSA) is 91.3 Å². The van der Waals surface area contributed by atoms with E-state index in [1.165, 1.54) is 20.6 Å². The molecular weight excluding hydrogens is 371 g/mol. The number of amides is 1. The summed E-state index contributed by atoms with van der Waals surface area (Å²) in [4.78, 5) is 18.1. The van der Waals surface area contributed by atoms with Crippen molar-refractivity contribution in [3.8, 4) is 5.75 Å². The van der Waals surface area contributed by atoms with E-state index in [4.69, 9.17) is 9.57 Å². The Balaban J connectivity index is 1.61. The molecular formula is C21H33BN2O5. The number of ether oxygens (including phenoxy) is 1. The fourth-order valence-corrected chi connectivity index (χ4v) is 5.31. The maximum Gasteiger partial charge on any atom is 0.492 e. The summed E-state index contributed by atoms with van der Waals surface area (Å²) < 4.78 is 5.36. The Hall–Kier alpha value is -1.61. The zero-order valence-corrected chi connectivity index (χ0v) is 18.0. The summed E-state index contributed by atoms with van der Waals surface area (Å²) in [5.41, 5.74) is 1.38. The Labute approximate surface area is 173 Å². The number of methoxy groups -OCH3 is 1. The van der Waals surface area contributed by atoms with Crippen LogP contribution in [0.1, 0.15) is 39.2 Å². The van der Waals surface area contributed by atoms with Crippen molar-refractivity contribution in [2.45, 2.75) is 46.2 Å². The smallest absolute Gasteiger partial charge is 0.492 e. The number of rotatable bonds is 8. The highest BCUT2D eigenvalue weighted by Crippen LogP contribution is 2.61. The zero-order valence-electron chi connectivity index (χ0n) is 18.0. The molecule has 7 nitrogen and oxygen atoms in total. The van der Waals surface area contributed by atoms with Crippen LogP contribution in [0.25, 0.3) is 0 Å². The van der Waals surface area contributed by atoms with Crippen LogP contribution in [-0.2, 0) is 16.2 Å². The van der Waals surface area contributed by atoms with E-state index >= 15 is 0 Å². The zero-order chi connectivity index (χ0) is 21.3. The molecule has 1 amide bonds. The number of hydroxylamine groups is 2. The highest BCUT2D eigenvalue weighted by molar-refractivity contribution is 6.59. The summed E-state index contributed by atoms with van der Waals surface area (Å²) >= 11 is 0. The van der Waals surface area contributed by atoms with Crippen molar-refractivity contribution in [3.63, 3.8) is 0 Å². The molecule has 2 bridgehead atoms. The van der Waals surface area contributed by atoms with Crippen molar-refractivity contribution in [1.82, 2.24) is 10.4 Å². The first-order valence-corrected chi connectivity index (χ1v) is 10.3. The second kappa shape index (κ2) is 8.64. The van der Waals surface area contributed by atoms with Gasteiger partial charge in [0.15, 0.2) is 0 Å². The van der Waals surface area contributed by atoms with E-state index in [2.05, 4.69) is 26.1 Å². The Kier molecular flexibility index (Phi) is 6.58. The van der Waals surface area contributed by atoms with Crippen LogP contribution in [0.3, 0.4) is 0 Å². The summed E-state index contributed by atoms with van der Waals surface area (Å²) in [5.74, 6) is 2.14. The average molecular weight is 404 g/mol. The third-order valence-corrected chi connectivity index (χ3v) is 7.23. The molecule has 4 rings (SSSR count). The predicted molar refractivity (Wildman–Crippen MR) is 111 cm³/mol. The first-order chi connectivity index (χ1) is 13.7. The predicted octanol–water partition coefficient (Wildman–Crippen LogP) is 0.925. The van der Waals surface area contributed by atoms with Crippen LogP contribution < -0.4 is 15.5 Å². The highest BCUT2D eigenvalue weighted by atomic mass is 16.7. The van der Waals surface area contributed by atoms with E-state index in [-0.39, 0.29) is 30.5 Å². The van der Waals surface area contributed by atoms with Gasteiger partial charge in [0.05, 0.1) is 20.8 Å². The molecule has 0 spiro atoms. The van der Waals surface area contributed by atoms with Crippen LogP contribution in [0.4, 0.5) is 0 Å². The summed E-state index contributed by atoms with van der Waals surface area (Å²) in [6.45, 7) is 7.31. The Morgan fingerprint density at radius 2 is 2.03 bits per heavy atom. The van der Waals surface area contributed by atoms with E-state index in [9.17, 15) is 14.8 Å². The number of fused-ring (bicyclic) bond motifs is 2. The van der Waals surface area contributed by atoms with Crippen molar-refractivity contribution in [3.05, 3.63) is 23.8 Å². The number of hydrogen-bond acceptors (Lipinski definition) is 6. The molecule has 3 aliphatic rings. The van der Waals surface area contributed by atoms with Gasteiger partial charge in [-0.2, -0.15) is 5.06 Å². The molecule has 1 aromatic rings. The Morgan fingerprint density at radius 3 is 2.59 bits per heavy atom. The van der Waals surface area contributed by atoms with Crippen molar-refractivity contribution in [2.24, 2.45) is 23.2 Å². The molecule has 0 radical (unpaired) electrons. The summed E-state index contributed by atoms with van der Waals surface area (Å²) in [6.07, 6.45) is 2.31. The van der Waals surface area contributed by atoms with Crippen molar-refractivity contribution >= 4 is 18.5 Å². The lowest BCUT2D eigenvalue weighted by Gasteiger charge is -2.62. The fourth-order valence-electron chi connectivity index (χ4n) is 5.31. The lowest BCUT2D eigenvalue weighted by Crippen LogP contribution is -2.61. The van der Waals surface area contributed by atoms with Gasteiger partial charge in [0.25, 0.3) is 0 Å². The normalized spacial score (nSPS) is 27.3. The molecule has 0 heterocycles. The Bertz CT molecular complexity index is 742. The van der Waals surface area contributed by atoms with Gasteiger partial charge in [-0.3, -0.25) is 4.79 Å². The van der Waals surface area contributed by atoms with Gasteiger partial charge in [0.2, 0.25) is 5.91 Å². The van der Waals surface area contributed by atoms with Crippen LogP contribution in [0.2, 0.25) is 0 Å². The van der Waals surface area contributed by atoms with E-state index in [0.29, 0.717) is 34.5 Å². The minimum atomic E-state index is -1.63. The molecule has 1 aromatic carbocycles. The van der Waals surface area contributed by atoms with Gasteiger partial charge in [-0.25, -0.2) is 0 Å². The molecule has 3 fully saturated rings. The average Bonchev–Trinajstić information content (AvgIpc) is 2.68. The maximum absolute atomic E-state index is 12.7. The number of hydrogen-bond donors (Lipinski definition) is 3. The van der Waals surface area contributed by atoms with Crippen LogP contribution in [0.5, 0.6) is 5.75 Å². The SMILES string of the molecule is COc1c(CN(CC(=O)N[C@H]2C[C@H]3C[C@@H]([C@@H]2C)C3(C)C)OC)cccc1B(O)O. The quantitative estimate of drug-likeness (QED) is 0.441. The van der Waals surface area contributed by atoms with Crippen molar-refractivity contribution < 1.29 is 24.4 Å². The van der Waals surface area contributed by atoms with Crippen molar-refractivity contribution in [1.29, 1.82) is 0 Å². The molecule has 3 saturated carbocycles. The molecule has 0 aromatic heterocycles. The highest BCUT2D eigenvalue weighted by Gasteiger charge is 2.56. The first kappa shape index (κ1) is 22.1. The first-order valence-electron chi connectivity index (χ1n) is 10.3. The van der Waals surface area contributed by atoms with Crippen LogP contribution in [0, 0.1) is 23.2 Å². The largest absolute Gasteiger partial charge is 0.497 e. The summed E-state index contributed by atoms with van der Waals surface area (Å²) in [5, 5.41) is 23.8. The molecule has 0 aliphatic heterocycles. The second-order valence-electron chi connectivity index (χ2n) is 9.02. The molecule has 29 heavy (non-hydrogen) atoms. The van der Waals surface area contributed by atoms with Crippen LogP contribution in [-0.4, -0.2) is 54.9 Å². The number of carbonyl (C=O) groups is 1. The molecule has 3 aliphatic carbocycles. The Morgan fingerprint density at radius 1 is 1.31 bits per heavy atom. The van der Waals surface area contributed by atoms with E-state index in [0.717, 1.165) is 6.42 Å². The molecule has 3 N–H and O–H groups in total. The third kappa shape index (κ3) is 4.31. The molecule has 4 atom stereocenters. The number of para-hydroxylation sites is 1. The fraction of sp³-hybridized carbons (Fsp3) is 0.667. The molecule has 0 unspecified atom stereocenters. The second-order valence-corrected chi connectivity index (χ2v) is 9.02. The van der Waals surface area contributed by atoms with E-state index in [1.54, 1.807) is 17.2 Å². The maximum atomic E-state index is 12.7. The summed E-state index contributed by atoms with van der Waals surface area (Å²) in [7, 11) is 1.37. The van der Waals surface area contributed by atoms with Gasteiger partial charge in [0.1, 0.15) is 12.3 Å². The van der Waals surface area contributed by atoms with Gasteiger partial charge in [-0.15, -0.1) is 0 Å². The van der Waals surface area contributed by atoms with Gasteiger partial charge in [-0.1, -0.05) is 39.0 Å². The van der Waals surface area contributed by atoms with Gasteiger partial charge < -0.3 is 24.9 Å². The molecule has 0 saturated heterocycles. The minimum Gasteiger partial charge on any atom is -0.497 e. The number of benzene rings is 1. The van der Waals surface area contributed by atoms with Crippen LogP contribution >= 0.6 is 0 Å². The van der Waals surface area contributed by atoms with E-state index in [1.807, 2.05) is 6.07 Å². The number of nitrogens with zero attached hydrogens (tertiary/aromatic N) is 1. The van der Waals surface area contributed by atoms with Gasteiger partial charge >= 0.3 is 7.12 Å². The van der Waals surface area contributed by atoms with Crippen molar-refractivity contribution in [2.75, 3.05) is 20.8 Å². The van der Waals surface area contributed by atoms with Crippen LogP contribution in [0.15, 0.2) is 18.2 Å². The third-order valence-electron chi connectivity index (χ3n) is 7.23. The summed E-state index contributed by atoms with van der Waals surface area (Å²) in [6, 6.07) is 5.33. The van der Waals surface area contributed by atoms with E-state index < -0.39 is 7.12 Å². The minimum absolute atomic E-state index is 0.0693. The standard InChI is InChI=1S/C21H33BN2O5/c1-13-16-9-15(21(16,2)3)10-18(13)23-19(25)12-24(29-5)11-14-7-6-8-17(22(26)27)20(14)28-4/h6-8,13,15-16,18,26-27H,9-12H2,1-5H3,(H,23,25)/t13-,15+,16-,18-/m0/s1. The lowest BCUT2D eigenvalue weighted by molar-refractivity contribution is -0.159. The monoisotopic (exact) mass is 404 g/mol. The molecule has 8 heteroatoms. The lowest BCUT2D eigenvalue weighted by atomic mass is 9.45. The van der Waals surface area contributed by atoms with Gasteiger partial charge in [0, 0.05) is 17.1 Å². The number of nitrogens with one attached hydrogen (secondary N) is 1. The molecule has 160 valence electrons. The van der Waals surface area contributed by atoms with Gasteiger partial charge in [-0.05, 0) is 36.0 Å².